The summed E-state index contributed by atoms with van der Waals surface area (Å²) in [6.45, 7) is 0.278. The Hall–Kier alpha value is 0.540. The molecule has 2 aliphatic heterocycles. The summed E-state index contributed by atoms with van der Waals surface area (Å²) in [6.07, 6.45) is 0.945. The molecule has 6 heteroatoms. The van der Waals surface area contributed by atoms with E-state index in [-0.39, 0.29) is 30.8 Å². The highest BCUT2D eigenvalue weighted by Crippen LogP contribution is 2.35. The van der Waals surface area contributed by atoms with Gasteiger partial charge in [0.1, 0.15) is 6.79 Å². The summed E-state index contributed by atoms with van der Waals surface area (Å²) < 4.78 is 10.7. The molecular weight excluding hydrogens is 284 g/mol. The van der Waals surface area contributed by atoms with E-state index in [9.17, 15) is 10.2 Å². The molecular formula is C13H24O4S2. The number of ether oxygens (including phenoxy) is 2. The largest absolute Gasteiger partial charge is 0.393 e. The quantitative estimate of drug-likeness (QED) is 0.745. The van der Waals surface area contributed by atoms with Crippen molar-refractivity contribution in [3.63, 3.8) is 0 Å². The van der Waals surface area contributed by atoms with E-state index in [1.165, 1.54) is 0 Å². The van der Waals surface area contributed by atoms with Gasteiger partial charge in [0.15, 0.2) is 0 Å². The monoisotopic (exact) mass is 308 g/mol. The molecule has 2 N–H and O–H groups in total. The molecule has 0 spiro atoms. The lowest BCUT2D eigenvalue weighted by molar-refractivity contribution is -0.119. The van der Waals surface area contributed by atoms with E-state index in [4.69, 9.17) is 9.47 Å². The predicted octanol–water partition coefficient (Wildman–Crippen LogP) is 1.20. The average Bonchev–Trinajstić information content (AvgIpc) is 2.45. The first-order chi connectivity index (χ1) is 9.24. The van der Waals surface area contributed by atoms with E-state index in [0.29, 0.717) is 0 Å². The van der Waals surface area contributed by atoms with Gasteiger partial charge in [0.2, 0.25) is 0 Å². The summed E-state index contributed by atoms with van der Waals surface area (Å²) in [7, 11) is 1.62. The zero-order valence-electron chi connectivity index (χ0n) is 11.4. The second kappa shape index (κ2) is 8.10. The fourth-order valence-corrected chi connectivity index (χ4v) is 5.33. The van der Waals surface area contributed by atoms with Crippen LogP contribution >= 0.6 is 23.5 Å². The minimum Gasteiger partial charge on any atom is -0.393 e. The second-order valence-corrected chi connectivity index (χ2v) is 7.52. The van der Waals surface area contributed by atoms with Crippen LogP contribution in [-0.2, 0) is 9.47 Å². The van der Waals surface area contributed by atoms with Gasteiger partial charge in [-0.3, -0.25) is 0 Å². The minimum atomic E-state index is -0.475. The van der Waals surface area contributed by atoms with Gasteiger partial charge in [-0.05, 0) is 24.3 Å². The molecule has 2 saturated heterocycles. The Morgan fingerprint density at radius 1 is 1.16 bits per heavy atom. The fourth-order valence-electron chi connectivity index (χ4n) is 2.81. The van der Waals surface area contributed by atoms with Gasteiger partial charge in [0.05, 0.1) is 18.3 Å². The lowest BCUT2D eigenvalue weighted by Crippen LogP contribution is -2.47. The molecule has 5 atom stereocenters. The summed E-state index contributed by atoms with van der Waals surface area (Å²) in [6, 6.07) is 0. The number of aliphatic hydroxyl groups excluding tert-OH is 2. The zero-order chi connectivity index (χ0) is 13.7. The van der Waals surface area contributed by atoms with Crippen molar-refractivity contribution >= 4 is 23.5 Å². The Morgan fingerprint density at radius 3 is 2.53 bits per heavy atom. The molecule has 4 nitrogen and oxygen atoms in total. The van der Waals surface area contributed by atoms with Gasteiger partial charge in [0.25, 0.3) is 0 Å². The number of rotatable bonds is 5. The highest BCUT2D eigenvalue weighted by Gasteiger charge is 2.39. The number of methoxy groups -OCH3 is 1. The summed E-state index contributed by atoms with van der Waals surface area (Å²) in [5.74, 6) is 3.90. The Balaban J connectivity index is 1.95. The van der Waals surface area contributed by atoms with Crippen molar-refractivity contribution in [2.75, 3.05) is 36.9 Å². The van der Waals surface area contributed by atoms with Crippen LogP contribution in [0, 0.1) is 11.8 Å². The summed E-state index contributed by atoms with van der Waals surface area (Å²) >= 11 is 3.69. The third-order valence-corrected chi connectivity index (χ3v) is 6.26. The van der Waals surface area contributed by atoms with Crippen molar-refractivity contribution in [3.05, 3.63) is 0 Å². The molecule has 19 heavy (non-hydrogen) atoms. The van der Waals surface area contributed by atoms with Gasteiger partial charge in [-0.25, -0.2) is 0 Å². The maximum atomic E-state index is 10.6. The van der Waals surface area contributed by atoms with Gasteiger partial charge >= 0.3 is 0 Å². The van der Waals surface area contributed by atoms with Crippen LogP contribution in [0.4, 0.5) is 0 Å². The highest BCUT2D eigenvalue weighted by molar-refractivity contribution is 7.99. The number of thioether (sulfide) groups is 2. The Kier molecular flexibility index (Phi) is 6.79. The smallest absolute Gasteiger partial charge is 0.146 e. The van der Waals surface area contributed by atoms with Crippen LogP contribution in [0.5, 0.6) is 0 Å². The van der Waals surface area contributed by atoms with E-state index in [2.05, 4.69) is 0 Å². The van der Waals surface area contributed by atoms with Crippen molar-refractivity contribution < 1.29 is 19.7 Å². The first kappa shape index (κ1) is 15.9. The van der Waals surface area contributed by atoms with Gasteiger partial charge < -0.3 is 19.7 Å². The Labute approximate surface area is 123 Å². The minimum absolute atomic E-state index is 0.0175. The third kappa shape index (κ3) is 4.25. The number of aliphatic hydroxyl groups is 2. The van der Waals surface area contributed by atoms with E-state index < -0.39 is 6.10 Å². The molecule has 0 saturated carbocycles. The number of hydrogen-bond acceptors (Lipinski definition) is 6. The van der Waals surface area contributed by atoms with Crippen molar-refractivity contribution in [2.45, 2.75) is 31.2 Å². The van der Waals surface area contributed by atoms with Crippen LogP contribution < -0.4 is 0 Å². The molecule has 112 valence electrons. The fraction of sp³-hybridized carbons (Fsp3) is 1.00. The van der Waals surface area contributed by atoms with Gasteiger partial charge in [-0.2, -0.15) is 23.5 Å². The molecule has 0 bridgehead atoms. The first-order valence-corrected chi connectivity index (χ1v) is 9.17. The highest BCUT2D eigenvalue weighted by atomic mass is 32.2. The molecule has 2 rings (SSSR count). The molecule has 0 amide bonds. The van der Waals surface area contributed by atoms with Crippen LogP contribution in [0.15, 0.2) is 0 Å². The average molecular weight is 308 g/mol. The van der Waals surface area contributed by atoms with E-state index in [1.807, 2.05) is 23.5 Å². The molecule has 0 aromatic carbocycles. The standard InChI is InChI=1S/C13H24O4S2/c1-16-8-17-12-3-5-19-7-10(12)13(15)9-6-18-4-2-11(9)14/h9-15H,2-8H2,1H3/t9-,10+,11+,12+,13-/m1/s1. The van der Waals surface area contributed by atoms with E-state index >= 15 is 0 Å². The lowest BCUT2D eigenvalue weighted by Gasteiger charge is -2.40. The Morgan fingerprint density at radius 2 is 1.84 bits per heavy atom. The third-order valence-electron chi connectivity index (χ3n) is 3.97. The van der Waals surface area contributed by atoms with Crippen molar-refractivity contribution in [3.8, 4) is 0 Å². The van der Waals surface area contributed by atoms with E-state index in [0.717, 1.165) is 35.9 Å². The molecule has 2 heterocycles. The zero-order valence-corrected chi connectivity index (χ0v) is 13.0. The first-order valence-electron chi connectivity index (χ1n) is 6.86. The van der Waals surface area contributed by atoms with Gasteiger partial charge in [-0.15, -0.1) is 0 Å². The van der Waals surface area contributed by atoms with Crippen molar-refractivity contribution in [1.82, 2.24) is 0 Å². The van der Waals surface area contributed by atoms with Gasteiger partial charge in [0, 0.05) is 30.5 Å². The molecule has 0 aromatic rings. The molecule has 0 aromatic heterocycles. The molecule has 0 aliphatic carbocycles. The molecule has 0 radical (unpaired) electrons. The van der Waals surface area contributed by atoms with E-state index in [1.54, 1.807) is 7.11 Å². The van der Waals surface area contributed by atoms with Gasteiger partial charge in [-0.1, -0.05) is 0 Å². The number of hydrogen-bond donors (Lipinski definition) is 2. The van der Waals surface area contributed by atoms with Crippen molar-refractivity contribution in [1.29, 1.82) is 0 Å². The maximum absolute atomic E-state index is 10.6. The maximum Gasteiger partial charge on any atom is 0.146 e. The lowest BCUT2D eigenvalue weighted by atomic mass is 9.84. The summed E-state index contributed by atoms with van der Waals surface area (Å²) in [5.41, 5.74) is 0. The van der Waals surface area contributed by atoms with Crippen LogP contribution in [-0.4, -0.2) is 65.4 Å². The predicted molar refractivity (Wildman–Crippen MR) is 79.6 cm³/mol. The van der Waals surface area contributed by atoms with Crippen molar-refractivity contribution in [2.24, 2.45) is 11.8 Å². The normalized spacial score (nSPS) is 38.1. The Bertz CT molecular complexity index is 267. The summed E-state index contributed by atoms with van der Waals surface area (Å²) in [4.78, 5) is 0. The summed E-state index contributed by atoms with van der Waals surface area (Å²) in [5, 5.41) is 20.7. The van der Waals surface area contributed by atoms with Crippen LogP contribution in [0.25, 0.3) is 0 Å². The SMILES string of the molecule is COCO[C@H]1CCSC[C@@H]1[C@H](O)[C@@H]1CSCC[C@@H]1O. The molecule has 2 aliphatic rings. The second-order valence-electron chi connectivity index (χ2n) is 5.22. The van der Waals surface area contributed by atoms with Crippen LogP contribution in [0.3, 0.4) is 0 Å². The topological polar surface area (TPSA) is 58.9 Å². The molecule has 2 fully saturated rings. The molecule has 0 unspecified atom stereocenters. The van der Waals surface area contributed by atoms with Crippen LogP contribution in [0.1, 0.15) is 12.8 Å². The van der Waals surface area contributed by atoms with Crippen LogP contribution in [0.2, 0.25) is 0 Å².